The maximum absolute atomic E-state index is 12.0. The molecule has 134 valence electrons. The second kappa shape index (κ2) is 7.27. The molecule has 7 heteroatoms. The summed E-state index contributed by atoms with van der Waals surface area (Å²) >= 11 is 1.85. The average Bonchev–Trinajstić information content (AvgIpc) is 3.36. The van der Waals surface area contributed by atoms with Crippen molar-refractivity contribution in [3.8, 4) is 0 Å². The highest BCUT2D eigenvalue weighted by atomic mass is 32.1. The molecule has 4 rings (SSSR count). The van der Waals surface area contributed by atoms with Crippen molar-refractivity contribution in [2.75, 3.05) is 26.7 Å². The molecule has 4 heterocycles. The maximum Gasteiger partial charge on any atom is 0.271 e. The van der Waals surface area contributed by atoms with E-state index in [0.29, 0.717) is 5.69 Å². The van der Waals surface area contributed by atoms with Gasteiger partial charge in [0.1, 0.15) is 0 Å². The molecule has 2 aliphatic heterocycles. The van der Waals surface area contributed by atoms with Crippen molar-refractivity contribution in [2.24, 2.45) is 0 Å². The lowest BCUT2D eigenvalue weighted by Gasteiger charge is -2.26. The first-order chi connectivity index (χ1) is 12.2. The molecule has 2 aromatic heterocycles. The van der Waals surface area contributed by atoms with Crippen LogP contribution in [0.3, 0.4) is 0 Å². The Labute approximate surface area is 152 Å². The van der Waals surface area contributed by atoms with E-state index in [4.69, 9.17) is 0 Å². The number of H-pyrrole nitrogens is 1. The number of nitrogens with one attached hydrogen (secondary N) is 2. The van der Waals surface area contributed by atoms with Crippen molar-refractivity contribution in [1.29, 1.82) is 0 Å². The summed E-state index contributed by atoms with van der Waals surface area (Å²) in [4.78, 5) is 18.3. The molecular formula is C18H25N5OS. The van der Waals surface area contributed by atoms with Crippen molar-refractivity contribution in [3.63, 3.8) is 0 Å². The topological polar surface area (TPSA) is 64.3 Å². The predicted molar refractivity (Wildman–Crippen MR) is 98.6 cm³/mol. The summed E-state index contributed by atoms with van der Waals surface area (Å²) in [5.41, 5.74) is 4.15. The van der Waals surface area contributed by atoms with Gasteiger partial charge >= 0.3 is 0 Å². The van der Waals surface area contributed by atoms with Gasteiger partial charge in [-0.1, -0.05) is 0 Å². The molecule has 0 aromatic carbocycles. The molecular weight excluding hydrogens is 334 g/mol. The van der Waals surface area contributed by atoms with E-state index >= 15 is 0 Å². The SMILES string of the molecule is CNC(=O)c1n[nH]c2c1CN(Cc1cc(CN3CCCC3)cs1)CC2. The van der Waals surface area contributed by atoms with E-state index in [0.717, 1.165) is 43.9 Å². The molecule has 25 heavy (non-hydrogen) atoms. The third kappa shape index (κ3) is 3.63. The van der Waals surface area contributed by atoms with Gasteiger partial charge < -0.3 is 5.32 Å². The largest absolute Gasteiger partial charge is 0.354 e. The standard InChI is InChI=1S/C18H25N5OS/c1-19-18(24)17-15-11-23(7-4-16(15)20-21-17)10-14-8-13(12-25-14)9-22-5-2-3-6-22/h8,12H,2-7,9-11H2,1H3,(H,19,24)(H,20,21). The first kappa shape index (κ1) is 16.8. The minimum Gasteiger partial charge on any atom is -0.354 e. The van der Waals surface area contributed by atoms with Gasteiger partial charge in [-0.05, 0) is 42.9 Å². The second-order valence-corrected chi connectivity index (χ2v) is 7.97. The van der Waals surface area contributed by atoms with Crippen LogP contribution < -0.4 is 5.32 Å². The summed E-state index contributed by atoms with van der Waals surface area (Å²) in [6.07, 6.45) is 3.60. The fourth-order valence-corrected chi connectivity index (χ4v) is 4.73. The van der Waals surface area contributed by atoms with Crippen LogP contribution in [0.25, 0.3) is 0 Å². The number of nitrogens with zero attached hydrogens (tertiary/aromatic N) is 3. The van der Waals surface area contributed by atoms with Gasteiger partial charge in [-0.25, -0.2) is 0 Å². The monoisotopic (exact) mass is 359 g/mol. The Morgan fingerprint density at radius 2 is 2.12 bits per heavy atom. The maximum atomic E-state index is 12.0. The molecule has 2 N–H and O–H groups in total. The van der Waals surface area contributed by atoms with Gasteiger partial charge in [0.25, 0.3) is 5.91 Å². The zero-order chi connectivity index (χ0) is 17.2. The van der Waals surface area contributed by atoms with E-state index < -0.39 is 0 Å². The lowest BCUT2D eigenvalue weighted by atomic mass is 10.0. The van der Waals surface area contributed by atoms with Crippen LogP contribution in [0, 0.1) is 0 Å². The minimum atomic E-state index is -0.108. The van der Waals surface area contributed by atoms with E-state index in [1.165, 1.54) is 36.4 Å². The fraction of sp³-hybridized carbons (Fsp3) is 0.556. The lowest BCUT2D eigenvalue weighted by molar-refractivity contribution is 0.0955. The second-order valence-electron chi connectivity index (χ2n) is 6.97. The number of amides is 1. The summed E-state index contributed by atoms with van der Waals surface area (Å²) in [5.74, 6) is -0.108. The molecule has 1 saturated heterocycles. The predicted octanol–water partition coefficient (Wildman–Crippen LogP) is 1.98. The Balaban J connectivity index is 1.40. The average molecular weight is 359 g/mol. The fourth-order valence-electron chi connectivity index (χ4n) is 3.80. The van der Waals surface area contributed by atoms with Crippen LogP contribution in [0.2, 0.25) is 0 Å². The Morgan fingerprint density at radius 3 is 2.92 bits per heavy atom. The van der Waals surface area contributed by atoms with Crippen molar-refractivity contribution in [3.05, 3.63) is 38.8 Å². The van der Waals surface area contributed by atoms with Crippen LogP contribution >= 0.6 is 11.3 Å². The van der Waals surface area contributed by atoms with Gasteiger partial charge in [0, 0.05) is 55.8 Å². The van der Waals surface area contributed by atoms with E-state index in [9.17, 15) is 4.79 Å². The molecule has 0 atom stereocenters. The number of hydrogen-bond acceptors (Lipinski definition) is 5. The molecule has 1 amide bonds. The zero-order valence-corrected chi connectivity index (χ0v) is 15.5. The lowest BCUT2D eigenvalue weighted by Crippen LogP contribution is -2.31. The number of aromatic nitrogens is 2. The molecule has 2 aromatic rings. The smallest absolute Gasteiger partial charge is 0.271 e. The molecule has 0 saturated carbocycles. The Kier molecular flexibility index (Phi) is 4.87. The quantitative estimate of drug-likeness (QED) is 0.857. The number of likely N-dealkylation sites (tertiary alicyclic amines) is 1. The Bertz CT molecular complexity index is 746. The third-order valence-corrected chi connectivity index (χ3v) is 6.12. The van der Waals surface area contributed by atoms with E-state index in [1.54, 1.807) is 7.05 Å². The van der Waals surface area contributed by atoms with Gasteiger partial charge in [-0.2, -0.15) is 5.10 Å². The number of fused-ring (bicyclic) bond motifs is 1. The molecule has 1 fully saturated rings. The van der Waals surface area contributed by atoms with Crippen LogP contribution in [-0.4, -0.2) is 52.6 Å². The van der Waals surface area contributed by atoms with Gasteiger partial charge in [0.05, 0.1) is 0 Å². The number of hydrogen-bond donors (Lipinski definition) is 2. The van der Waals surface area contributed by atoms with Crippen LogP contribution in [0.1, 0.15) is 45.0 Å². The summed E-state index contributed by atoms with van der Waals surface area (Å²) in [5, 5.41) is 12.2. The highest BCUT2D eigenvalue weighted by Crippen LogP contribution is 2.25. The van der Waals surface area contributed by atoms with Gasteiger partial charge in [-0.15, -0.1) is 11.3 Å². The summed E-state index contributed by atoms with van der Waals surface area (Å²) < 4.78 is 0. The van der Waals surface area contributed by atoms with E-state index in [2.05, 4.69) is 36.8 Å². The van der Waals surface area contributed by atoms with Crippen molar-refractivity contribution < 1.29 is 4.79 Å². The third-order valence-electron chi connectivity index (χ3n) is 5.15. The van der Waals surface area contributed by atoms with Gasteiger partial charge in [-0.3, -0.25) is 19.7 Å². The number of carbonyl (C=O) groups excluding carboxylic acids is 1. The number of aromatic amines is 1. The van der Waals surface area contributed by atoms with Crippen molar-refractivity contribution >= 4 is 17.2 Å². The van der Waals surface area contributed by atoms with Crippen molar-refractivity contribution in [1.82, 2.24) is 25.3 Å². The van der Waals surface area contributed by atoms with Crippen LogP contribution in [-0.2, 0) is 26.1 Å². The summed E-state index contributed by atoms with van der Waals surface area (Å²) in [6.45, 7) is 6.30. The number of rotatable bonds is 5. The van der Waals surface area contributed by atoms with E-state index in [-0.39, 0.29) is 5.91 Å². The molecule has 0 spiro atoms. The van der Waals surface area contributed by atoms with Gasteiger partial charge in [0.15, 0.2) is 5.69 Å². The van der Waals surface area contributed by atoms with E-state index in [1.807, 2.05) is 11.3 Å². The molecule has 0 aliphatic carbocycles. The molecule has 0 radical (unpaired) electrons. The highest BCUT2D eigenvalue weighted by Gasteiger charge is 2.25. The first-order valence-corrected chi connectivity index (χ1v) is 9.90. The van der Waals surface area contributed by atoms with Gasteiger partial charge in [0.2, 0.25) is 0 Å². The normalized spacial score (nSPS) is 18.4. The molecule has 0 bridgehead atoms. The first-order valence-electron chi connectivity index (χ1n) is 9.02. The van der Waals surface area contributed by atoms with Crippen LogP contribution in [0.4, 0.5) is 0 Å². The highest BCUT2D eigenvalue weighted by molar-refractivity contribution is 7.10. The Morgan fingerprint density at radius 1 is 1.28 bits per heavy atom. The number of thiophene rings is 1. The Hall–Kier alpha value is -1.70. The molecule has 6 nitrogen and oxygen atoms in total. The van der Waals surface area contributed by atoms with Crippen LogP contribution in [0.5, 0.6) is 0 Å². The summed E-state index contributed by atoms with van der Waals surface area (Å²) in [7, 11) is 1.65. The van der Waals surface area contributed by atoms with Crippen LogP contribution in [0.15, 0.2) is 11.4 Å². The van der Waals surface area contributed by atoms with Crippen molar-refractivity contribution in [2.45, 2.75) is 38.9 Å². The zero-order valence-electron chi connectivity index (χ0n) is 14.7. The molecule has 0 unspecified atom stereocenters. The number of carbonyl (C=O) groups is 1. The molecule has 2 aliphatic rings. The minimum absolute atomic E-state index is 0.108. The summed E-state index contributed by atoms with van der Waals surface area (Å²) in [6, 6.07) is 2.35.